The Kier molecular flexibility index (Phi) is 11.1. The number of ether oxygens (including phenoxy) is 2. The van der Waals surface area contributed by atoms with E-state index in [1.165, 1.54) is 0 Å². The predicted molar refractivity (Wildman–Crippen MR) is 140 cm³/mol. The average molecular weight is 525 g/mol. The predicted octanol–water partition coefficient (Wildman–Crippen LogP) is 4.60. The molecule has 0 saturated carbocycles. The summed E-state index contributed by atoms with van der Waals surface area (Å²) in [5.41, 5.74) is 2.30. The molecule has 0 atom stereocenters. The number of hydrogen-bond acceptors (Lipinski definition) is 11. The Bertz CT molecular complexity index is 1200. The topological polar surface area (TPSA) is 146 Å². The fourth-order valence-electron chi connectivity index (χ4n) is 2.84. The summed E-state index contributed by atoms with van der Waals surface area (Å²) < 4.78 is 14.3. The van der Waals surface area contributed by atoms with Gasteiger partial charge in [0.2, 0.25) is 5.91 Å². The van der Waals surface area contributed by atoms with Crippen molar-refractivity contribution in [2.24, 2.45) is 16.1 Å². The minimum Gasteiger partial charge on any atom is -0.461 e. The third kappa shape index (κ3) is 8.66. The van der Waals surface area contributed by atoms with Crippen LogP contribution in [0.4, 0.5) is 22.1 Å². The molecule has 11 nitrogen and oxygen atoms in total. The zero-order chi connectivity index (χ0) is 27.4. The lowest BCUT2D eigenvalue weighted by atomic mass is 10.1. The van der Waals surface area contributed by atoms with Crippen LogP contribution < -0.4 is 10.2 Å². The number of azo groups is 1. The second-order valence-corrected chi connectivity index (χ2v) is 8.59. The van der Waals surface area contributed by atoms with Crippen LogP contribution in [0.5, 0.6) is 0 Å². The van der Waals surface area contributed by atoms with E-state index in [4.69, 9.17) is 9.47 Å². The maximum absolute atomic E-state index is 12.5. The number of aryl methyl sites for hydroxylation is 1. The quantitative estimate of drug-likeness (QED) is 0.227. The molecule has 0 aliphatic carbocycles. The van der Waals surface area contributed by atoms with Crippen molar-refractivity contribution in [1.82, 2.24) is 4.37 Å². The van der Waals surface area contributed by atoms with Gasteiger partial charge in [-0.05, 0) is 36.7 Å². The maximum atomic E-state index is 12.5. The molecule has 0 fully saturated rings. The zero-order valence-corrected chi connectivity index (χ0v) is 21.7. The molecule has 1 N–H and O–H groups in total. The second kappa shape index (κ2) is 14.3. The molecule has 194 valence electrons. The van der Waals surface area contributed by atoms with E-state index in [2.05, 4.69) is 39.1 Å². The van der Waals surface area contributed by atoms with Crippen LogP contribution in [-0.2, 0) is 23.9 Å². The van der Waals surface area contributed by atoms with Gasteiger partial charge in [0, 0.05) is 23.8 Å². The number of nitrogens with one attached hydrogen (secondary N) is 1. The van der Waals surface area contributed by atoms with Gasteiger partial charge >= 0.3 is 11.9 Å². The molecule has 0 radical (unpaired) electrons. The highest BCUT2D eigenvalue weighted by Crippen LogP contribution is 2.34. The van der Waals surface area contributed by atoms with E-state index in [1.54, 1.807) is 39.0 Å². The molecule has 1 heterocycles. The van der Waals surface area contributed by atoms with E-state index < -0.39 is 11.9 Å². The number of amides is 1. The van der Waals surface area contributed by atoms with Crippen LogP contribution in [0.25, 0.3) is 0 Å². The lowest BCUT2D eigenvalue weighted by Gasteiger charge is -2.25. The van der Waals surface area contributed by atoms with Gasteiger partial charge in [-0.15, -0.1) is 10.2 Å². The average Bonchev–Trinajstić information content (AvgIpc) is 3.25. The zero-order valence-electron chi connectivity index (χ0n) is 20.9. The van der Waals surface area contributed by atoms with Crippen molar-refractivity contribution in [2.75, 3.05) is 36.5 Å². The number of esters is 2. The molecule has 37 heavy (non-hydrogen) atoms. The van der Waals surface area contributed by atoms with Crippen LogP contribution in [0.15, 0.2) is 53.7 Å². The molecule has 1 aromatic carbocycles. The monoisotopic (exact) mass is 524 g/mol. The normalized spacial score (nSPS) is 10.6. The summed E-state index contributed by atoms with van der Waals surface area (Å²) >= 11 is 1.05. The maximum Gasteiger partial charge on any atom is 0.330 e. The summed E-state index contributed by atoms with van der Waals surface area (Å²) in [5, 5.41) is 21.0. The van der Waals surface area contributed by atoms with Gasteiger partial charge in [0.25, 0.3) is 0 Å². The Morgan fingerprint density at radius 3 is 2.32 bits per heavy atom. The summed E-state index contributed by atoms with van der Waals surface area (Å²) in [4.78, 5) is 37.2. The fourth-order valence-corrected chi connectivity index (χ4v) is 3.52. The van der Waals surface area contributed by atoms with Gasteiger partial charge in [-0.25, -0.2) is 9.59 Å². The molecule has 12 heteroatoms. The van der Waals surface area contributed by atoms with Gasteiger partial charge in [-0.3, -0.25) is 4.79 Å². The summed E-state index contributed by atoms with van der Waals surface area (Å²) in [5.74, 6) is -1.65. The molecule has 0 bridgehead atoms. The Morgan fingerprint density at radius 1 is 1.16 bits per heavy atom. The first kappa shape index (κ1) is 28.9. The van der Waals surface area contributed by atoms with E-state index in [-0.39, 0.29) is 38.1 Å². The number of anilines is 2. The molecule has 0 spiro atoms. The molecule has 1 aromatic heterocycles. The summed E-state index contributed by atoms with van der Waals surface area (Å²) in [6.07, 6.45) is 2.13. The van der Waals surface area contributed by atoms with Crippen molar-refractivity contribution in [3.8, 4) is 6.07 Å². The van der Waals surface area contributed by atoms with Crippen LogP contribution in [0.1, 0.15) is 25.1 Å². The lowest BCUT2D eigenvalue weighted by molar-refractivity contribution is -0.137. The van der Waals surface area contributed by atoms with Gasteiger partial charge in [0.05, 0.1) is 24.5 Å². The van der Waals surface area contributed by atoms with E-state index in [9.17, 15) is 19.6 Å². The van der Waals surface area contributed by atoms with Gasteiger partial charge in [0.1, 0.15) is 30.5 Å². The standard InChI is InChI=1S/C25H28N6O5S/c1-6-22(32)35-12-10-31(11-13-36-23(33)7-2)18-8-9-20(21(14-18)27-24(34)16(3)4)28-29-25-19(15-26)17(5)30-37-25/h6-9,14,16H,1-2,10-13H2,3-5H3,(H,27,34). The summed E-state index contributed by atoms with van der Waals surface area (Å²) in [6, 6.07) is 7.16. The number of hydrogen-bond donors (Lipinski definition) is 1. The first-order chi connectivity index (χ1) is 17.7. The van der Waals surface area contributed by atoms with Crippen molar-refractivity contribution < 1.29 is 23.9 Å². The minimum atomic E-state index is -0.561. The summed E-state index contributed by atoms with van der Waals surface area (Å²) in [6.45, 7) is 12.6. The number of carbonyl (C=O) groups is 3. The van der Waals surface area contributed by atoms with Crippen LogP contribution in [-0.4, -0.2) is 48.5 Å². The van der Waals surface area contributed by atoms with Gasteiger partial charge < -0.3 is 19.7 Å². The lowest BCUT2D eigenvalue weighted by Crippen LogP contribution is -2.32. The largest absolute Gasteiger partial charge is 0.461 e. The van der Waals surface area contributed by atoms with E-state index >= 15 is 0 Å². The molecule has 0 saturated heterocycles. The number of nitrogens with zero attached hydrogens (tertiary/aromatic N) is 5. The van der Waals surface area contributed by atoms with Crippen LogP contribution in [0.3, 0.4) is 0 Å². The van der Waals surface area contributed by atoms with Crippen molar-refractivity contribution in [3.05, 3.63) is 54.8 Å². The second-order valence-electron chi connectivity index (χ2n) is 7.84. The summed E-state index contributed by atoms with van der Waals surface area (Å²) in [7, 11) is 0. The highest BCUT2D eigenvalue weighted by molar-refractivity contribution is 7.10. The number of benzene rings is 1. The Morgan fingerprint density at radius 2 is 1.78 bits per heavy atom. The third-order valence-corrected chi connectivity index (χ3v) is 5.70. The number of rotatable bonds is 13. The Balaban J connectivity index is 2.39. The van der Waals surface area contributed by atoms with E-state index in [0.717, 1.165) is 23.7 Å². The van der Waals surface area contributed by atoms with E-state index in [1.807, 2.05) is 4.90 Å². The van der Waals surface area contributed by atoms with Gasteiger partial charge in [-0.2, -0.15) is 9.64 Å². The van der Waals surface area contributed by atoms with Gasteiger partial charge in [0.15, 0.2) is 5.00 Å². The van der Waals surface area contributed by atoms with E-state index in [0.29, 0.717) is 33.3 Å². The van der Waals surface area contributed by atoms with Crippen LogP contribution >= 0.6 is 11.5 Å². The highest BCUT2D eigenvalue weighted by atomic mass is 32.1. The molecule has 0 aliphatic rings. The molecule has 0 unspecified atom stereocenters. The molecular formula is C25H28N6O5S. The number of nitriles is 1. The van der Waals surface area contributed by atoms with Crippen LogP contribution in [0.2, 0.25) is 0 Å². The molecule has 2 aromatic rings. The van der Waals surface area contributed by atoms with Crippen molar-refractivity contribution in [3.63, 3.8) is 0 Å². The first-order valence-electron chi connectivity index (χ1n) is 11.3. The van der Waals surface area contributed by atoms with Crippen molar-refractivity contribution >= 4 is 51.4 Å². The SMILES string of the molecule is C=CC(=O)OCCN(CCOC(=O)C=C)c1ccc(N=Nc2snc(C)c2C#N)c(NC(=O)C(C)C)c1. The highest BCUT2D eigenvalue weighted by Gasteiger charge is 2.16. The Labute approximate surface area is 219 Å². The molecule has 2 rings (SSSR count). The van der Waals surface area contributed by atoms with Gasteiger partial charge in [-0.1, -0.05) is 27.0 Å². The first-order valence-corrected chi connectivity index (χ1v) is 12.0. The van der Waals surface area contributed by atoms with Crippen molar-refractivity contribution in [2.45, 2.75) is 20.8 Å². The minimum absolute atomic E-state index is 0.0526. The molecular weight excluding hydrogens is 496 g/mol. The van der Waals surface area contributed by atoms with Crippen LogP contribution in [0, 0.1) is 24.2 Å². The van der Waals surface area contributed by atoms with Crippen molar-refractivity contribution in [1.29, 1.82) is 5.26 Å². The molecule has 0 aliphatic heterocycles. The smallest absolute Gasteiger partial charge is 0.330 e. The fraction of sp³-hybridized carbons (Fsp3) is 0.320. The Hall–Kier alpha value is -4.37. The molecule has 1 amide bonds. The number of aromatic nitrogens is 1. The number of carbonyl (C=O) groups excluding carboxylic acids is 3. The third-order valence-electron chi connectivity index (χ3n) is 4.88.